The Morgan fingerprint density at radius 2 is 1.97 bits per heavy atom. The number of aliphatic imine (C=N–C) groups is 1. The lowest BCUT2D eigenvalue weighted by Crippen LogP contribution is -2.19. The van der Waals surface area contributed by atoms with Gasteiger partial charge >= 0.3 is 5.97 Å². The predicted octanol–water partition coefficient (Wildman–Crippen LogP) is 5.84. The summed E-state index contributed by atoms with van der Waals surface area (Å²) < 4.78 is 5.77. The molecule has 1 aromatic heterocycles. The van der Waals surface area contributed by atoms with Gasteiger partial charge in [-0.2, -0.15) is 0 Å². The number of carbonyl (C=O) groups excluding carboxylic acids is 1. The van der Waals surface area contributed by atoms with E-state index < -0.39 is 5.97 Å². The van der Waals surface area contributed by atoms with E-state index in [2.05, 4.69) is 10.3 Å². The van der Waals surface area contributed by atoms with Gasteiger partial charge in [-0.3, -0.25) is 4.79 Å². The summed E-state index contributed by atoms with van der Waals surface area (Å²) in [5.41, 5.74) is 1.27. The standard InChI is InChI=1S/C21H12Cl2N2O4S/c22-12-2-1-3-13(9-12)24-21-25-19(26)18(30-21)10-14-5-7-17(29-14)11-4-6-15(20(27)28)16(23)8-11/h1-10H,(H,27,28)(H,24,25,26)/b18-10-. The zero-order valence-electron chi connectivity index (χ0n) is 15.1. The third kappa shape index (κ3) is 4.43. The van der Waals surface area contributed by atoms with Crippen LogP contribution < -0.4 is 5.32 Å². The number of carboxylic acid groups (broad SMARTS) is 1. The molecule has 0 aliphatic carbocycles. The number of carboxylic acids is 1. The fraction of sp³-hybridized carbons (Fsp3) is 0. The van der Waals surface area contributed by atoms with Gasteiger partial charge in [0.05, 0.1) is 21.2 Å². The van der Waals surface area contributed by atoms with Crippen molar-refractivity contribution in [3.8, 4) is 11.3 Å². The van der Waals surface area contributed by atoms with Crippen molar-refractivity contribution in [3.63, 3.8) is 0 Å². The van der Waals surface area contributed by atoms with Gasteiger partial charge < -0.3 is 14.8 Å². The van der Waals surface area contributed by atoms with E-state index in [4.69, 9.17) is 32.7 Å². The number of nitrogens with one attached hydrogen (secondary N) is 1. The highest BCUT2D eigenvalue weighted by atomic mass is 35.5. The van der Waals surface area contributed by atoms with Gasteiger partial charge in [0.15, 0.2) is 5.17 Å². The van der Waals surface area contributed by atoms with Crippen molar-refractivity contribution in [2.45, 2.75) is 0 Å². The van der Waals surface area contributed by atoms with Gasteiger partial charge in [-0.05, 0) is 54.2 Å². The molecule has 9 heteroatoms. The van der Waals surface area contributed by atoms with Crippen molar-refractivity contribution >= 4 is 63.8 Å². The minimum atomic E-state index is -1.10. The van der Waals surface area contributed by atoms with Gasteiger partial charge in [-0.15, -0.1) is 0 Å². The summed E-state index contributed by atoms with van der Waals surface area (Å²) in [6.07, 6.45) is 1.61. The maximum atomic E-state index is 12.2. The van der Waals surface area contributed by atoms with E-state index in [1.54, 1.807) is 48.5 Å². The van der Waals surface area contributed by atoms with Crippen LogP contribution in [0.1, 0.15) is 16.1 Å². The average Bonchev–Trinajstić information content (AvgIpc) is 3.28. The van der Waals surface area contributed by atoms with E-state index in [1.807, 2.05) is 0 Å². The lowest BCUT2D eigenvalue weighted by atomic mass is 10.1. The van der Waals surface area contributed by atoms with E-state index in [0.29, 0.717) is 37.9 Å². The first-order valence-corrected chi connectivity index (χ1v) is 10.1. The Morgan fingerprint density at radius 3 is 2.70 bits per heavy atom. The second-order valence-corrected chi connectivity index (χ2v) is 8.04. The normalized spacial score (nSPS) is 16.3. The van der Waals surface area contributed by atoms with Crippen LogP contribution in [0.2, 0.25) is 10.0 Å². The molecule has 1 saturated heterocycles. The van der Waals surface area contributed by atoms with Gasteiger partial charge in [-0.25, -0.2) is 9.79 Å². The highest BCUT2D eigenvalue weighted by Gasteiger charge is 2.24. The summed E-state index contributed by atoms with van der Waals surface area (Å²) in [4.78, 5) is 28.1. The summed E-state index contributed by atoms with van der Waals surface area (Å²) in [6.45, 7) is 0. The largest absolute Gasteiger partial charge is 0.478 e. The topological polar surface area (TPSA) is 91.9 Å². The molecule has 0 spiro atoms. The van der Waals surface area contributed by atoms with Crippen LogP contribution in [0.3, 0.4) is 0 Å². The third-order valence-corrected chi connectivity index (χ3v) is 5.53. The highest BCUT2D eigenvalue weighted by Crippen LogP contribution is 2.31. The van der Waals surface area contributed by atoms with Crippen molar-refractivity contribution in [2.75, 3.05) is 0 Å². The number of hydrogen-bond acceptors (Lipinski definition) is 5. The number of hydrogen-bond donors (Lipinski definition) is 2. The number of rotatable bonds is 4. The molecule has 1 aliphatic rings. The van der Waals surface area contributed by atoms with Crippen LogP contribution in [0.25, 0.3) is 17.4 Å². The molecule has 150 valence electrons. The van der Waals surface area contributed by atoms with Crippen molar-refractivity contribution in [3.05, 3.63) is 80.9 Å². The van der Waals surface area contributed by atoms with Crippen molar-refractivity contribution in [1.29, 1.82) is 0 Å². The summed E-state index contributed by atoms with van der Waals surface area (Å²) in [5.74, 6) is -0.425. The molecule has 4 rings (SSSR count). The molecule has 1 fully saturated rings. The SMILES string of the molecule is O=C1NC(=Nc2cccc(Cl)c2)S/C1=C\c1ccc(-c2ccc(C(=O)O)c(Cl)c2)o1. The molecular formula is C21H12Cl2N2O4S. The fourth-order valence-electron chi connectivity index (χ4n) is 2.70. The maximum Gasteiger partial charge on any atom is 0.337 e. The Morgan fingerprint density at radius 1 is 1.13 bits per heavy atom. The first kappa shape index (κ1) is 20.3. The molecule has 1 aliphatic heterocycles. The van der Waals surface area contributed by atoms with Crippen LogP contribution in [-0.2, 0) is 4.79 Å². The number of amides is 1. The minimum absolute atomic E-state index is 0.0138. The number of benzene rings is 2. The van der Waals surface area contributed by atoms with Crippen LogP contribution in [0.5, 0.6) is 0 Å². The molecule has 1 amide bonds. The summed E-state index contributed by atoms with van der Waals surface area (Å²) in [5, 5.41) is 12.9. The smallest absolute Gasteiger partial charge is 0.337 e. The van der Waals surface area contributed by atoms with Crippen LogP contribution in [-0.4, -0.2) is 22.2 Å². The Kier molecular flexibility index (Phi) is 5.67. The van der Waals surface area contributed by atoms with E-state index >= 15 is 0 Å². The molecule has 30 heavy (non-hydrogen) atoms. The number of nitrogens with zero attached hydrogens (tertiary/aromatic N) is 1. The van der Waals surface area contributed by atoms with Gasteiger partial charge in [0.1, 0.15) is 11.5 Å². The molecule has 0 unspecified atom stereocenters. The quantitative estimate of drug-likeness (QED) is 0.478. The molecule has 2 aromatic carbocycles. The van der Waals surface area contributed by atoms with Crippen molar-refractivity contribution in [1.82, 2.24) is 5.32 Å². The average molecular weight is 459 g/mol. The second kappa shape index (κ2) is 8.39. The highest BCUT2D eigenvalue weighted by molar-refractivity contribution is 8.18. The molecule has 6 nitrogen and oxygen atoms in total. The van der Waals surface area contributed by atoms with Crippen LogP contribution in [0.4, 0.5) is 5.69 Å². The van der Waals surface area contributed by atoms with E-state index in [0.717, 1.165) is 0 Å². The zero-order valence-corrected chi connectivity index (χ0v) is 17.4. The Bertz CT molecular complexity index is 1230. The molecule has 0 bridgehead atoms. The lowest BCUT2D eigenvalue weighted by Gasteiger charge is -2.01. The molecule has 2 heterocycles. The summed E-state index contributed by atoms with van der Waals surface area (Å²) >= 11 is 13.2. The number of thioether (sulfide) groups is 1. The van der Waals surface area contributed by atoms with Crippen molar-refractivity contribution < 1.29 is 19.1 Å². The van der Waals surface area contributed by atoms with Gasteiger partial charge in [0, 0.05) is 16.7 Å². The Balaban J connectivity index is 1.55. The molecular weight excluding hydrogens is 447 g/mol. The molecule has 0 atom stereocenters. The van der Waals surface area contributed by atoms with Gasteiger partial charge in [-0.1, -0.05) is 35.3 Å². The van der Waals surface area contributed by atoms with Crippen LogP contribution in [0.15, 0.2) is 68.9 Å². The molecule has 3 aromatic rings. The predicted molar refractivity (Wildman–Crippen MR) is 118 cm³/mol. The number of aromatic carboxylic acids is 1. The number of amidine groups is 1. The Labute approximate surface area is 185 Å². The number of furan rings is 1. The number of carbonyl (C=O) groups is 2. The molecule has 0 radical (unpaired) electrons. The van der Waals surface area contributed by atoms with E-state index in [1.165, 1.54) is 23.9 Å². The second-order valence-electron chi connectivity index (χ2n) is 6.16. The minimum Gasteiger partial charge on any atom is -0.478 e. The lowest BCUT2D eigenvalue weighted by molar-refractivity contribution is -0.115. The monoisotopic (exact) mass is 458 g/mol. The zero-order chi connectivity index (χ0) is 21.3. The fourth-order valence-corrected chi connectivity index (χ4v) is 3.97. The van der Waals surface area contributed by atoms with Crippen LogP contribution >= 0.6 is 35.0 Å². The third-order valence-electron chi connectivity index (χ3n) is 4.07. The van der Waals surface area contributed by atoms with Gasteiger partial charge in [0.25, 0.3) is 5.91 Å². The molecule has 0 saturated carbocycles. The summed E-state index contributed by atoms with van der Waals surface area (Å²) in [7, 11) is 0. The van der Waals surface area contributed by atoms with E-state index in [9.17, 15) is 9.59 Å². The van der Waals surface area contributed by atoms with Crippen molar-refractivity contribution in [2.24, 2.45) is 4.99 Å². The summed E-state index contributed by atoms with van der Waals surface area (Å²) in [6, 6.07) is 15.0. The molecule has 2 N–H and O–H groups in total. The number of halogens is 2. The maximum absolute atomic E-state index is 12.2. The van der Waals surface area contributed by atoms with Crippen LogP contribution in [0, 0.1) is 0 Å². The van der Waals surface area contributed by atoms with E-state index in [-0.39, 0.29) is 16.5 Å². The van der Waals surface area contributed by atoms with Gasteiger partial charge in [0.2, 0.25) is 0 Å². The first-order valence-electron chi connectivity index (χ1n) is 8.57. The first-order chi connectivity index (χ1) is 14.4. The Hall–Kier alpha value is -3.00.